The Kier molecular flexibility index (Phi) is 4.79. The maximum absolute atomic E-state index is 10.4. The Hall–Kier alpha value is -2.11. The first-order chi connectivity index (χ1) is 11.2. The van der Waals surface area contributed by atoms with Gasteiger partial charge in [0.05, 0.1) is 7.11 Å². The zero-order chi connectivity index (χ0) is 16.2. The van der Waals surface area contributed by atoms with Crippen LogP contribution in [0.5, 0.6) is 11.5 Å². The molecule has 0 aliphatic rings. The van der Waals surface area contributed by atoms with Crippen LogP contribution in [0.15, 0.2) is 53.1 Å². The molecule has 4 nitrogen and oxygen atoms in total. The third-order valence-electron chi connectivity index (χ3n) is 3.72. The second-order valence-electron chi connectivity index (χ2n) is 5.18. The molecule has 0 atom stereocenters. The summed E-state index contributed by atoms with van der Waals surface area (Å²) in [4.78, 5) is 4.27. The summed E-state index contributed by atoms with van der Waals surface area (Å²) in [6, 6.07) is 13.6. The fraction of sp³-hybridized carbons (Fsp3) is 0.167. The van der Waals surface area contributed by atoms with Crippen LogP contribution in [0.3, 0.4) is 0 Å². The summed E-state index contributed by atoms with van der Waals surface area (Å²) in [5, 5.41) is 14.7. The van der Waals surface area contributed by atoms with Crippen molar-refractivity contribution >= 4 is 26.8 Å². The van der Waals surface area contributed by atoms with E-state index in [0.717, 1.165) is 26.7 Å². The van der Waals surface area contributed by atoms with Gasteiger partial charge in [-0.2, -0.15) is 0 Å². The molecule has 0 bridgehead atoms. The van der Waals surface area contributed by atoms with Crippen molar-refractivity contribution in [2.45, 2.75) is 13.1 Å². The van der Waals surface area contributed by atoms with Crippen molar-refractivity contribution in [3.05, 3.63) is 64.3 Å². The van der Waals surface area contributed by atoms with Gasteiger partial charge in [-0.3, -0.25) is 4.98 Å². The molecule has 0 spiro atoms. The van der Waals surface area contributed by atoms with Crippen LogP contribution in [-0.2, 0) is 13.1 Å². The molecule has 0 saturated carbocycles. The van der Waals surface area contributed by atoms with E-state index in [1.165, 1.54) is 0 Å². The number of phenolic OH excluding ortho intramolecular Hbond substituents is 1. The molecule has 0 unspecified atom stereocenters. The highest BCUT2D eigenvalue weighted by Gasteiger charge is 2.11. The number of hydrogen-bond donors (Lipinski definition) is 2. The van der Waals surface area contributed by atoms with E-state index in [2.05, 4.69) is 26.2 Å². The molecule has 5 heteroatoms. The van der Waals surface area contributed by atoms with E-state index in [1.54, 1.807) is 13.3 Å². The van der Waals surface area contributed by atoms with Crippen molar-refractivity contribution in [3.63, 3.8) is 0 Å². The number of hydrogen-bond acceptors (Lipinski definition) is 4. The van der Waals surface area contributed by atoms with Gasteiger partial charge in [0.25, 0.3) is 0 Å². The van der Waals surface area contributed by atoms with Crippen molar-refractivity contribution in [2.75, 3.05) is 7.11 Å². The van der Waals surface area contributed by atoms with Crippen LogP contribution in [0.1, 0.15) is 11.1 Å². The molecule has 0 aliphatic carbocycles. The van der Waals surface area contributed by atoms with Crippen LogP contribution in [0, 0.1) is 0 Å². The van der Waals surface area contributed by atoms with Gasteiger partial charge in [0, 0.05) is 40.3 Å². The molecule has 0 aliphatic heterocycles. The van der Waals surface area contributed by atoms with E-state index in [9.17, 15) is 5.11 Å². The van der Waals surface area contributed by atoms with Crippen molar-refractivity contribution in [1.82, 2.24) is 10.3 Å². The van der Waals surface area contributed by atoms with Crippen LogP contribution in [0.4, 0.5) is 0 Å². The molecule has 3 rings (SSSR count). The molecule has 1 heterocycles. The lowest BCUT2D eigenvalue weighted by Gasteiger charge is -2.12. The van der Waals surface area contributed by atoms with Gasteiger partial charge in [-0.25, -0.2) is 0 Å². The molecule has 23 heavy (non-hydrogen) atoms. The van der Waals surface area contributed by atoms with Crippen LogP contribution in [0.2, 0.25) is 0 Å². The van der Waals surface area contributed by atoms with Crippen molar-refractivity contribution in [2.24, 2.45) is 0 Å². The van der Waals surface area contributed by atoms with E-state index < -0.39 is 0 Å². The zero-order valence-electron chi connectivity index (χ0n) is 12.7. The van der Waals surface area contributed by atoms with Gasteiger partial charge in [0.15, 0.2) is 0 Å². The Bertz CT molecular complexity index is 836. The molecule has 0 radical (unpaired) electrons. The Morgan fingerprint density at radius 2 is 1.91 bits per heavy atom. The first kappa shape index (κ1) is 15.8. The molecular weight excluding hydrogens is 356 g/mol. The molecule has 2 N–H and O–H groups in total. The summed E-state index contributed by atoms with van der Waals surface area (Å²) in [6.45, 7) is 1.19. The molecule has 2 aromatic carbocycles. The Labute approximate surface area is 143 Å². The van der Waals surface area contributed by atoms with Gasteiger partial charge in [-0.15, -0.1) is 0 Å². The van der Waals surface area contributed by atoms with Crippen molar-refractivity contribution in [1.29, 1.82) is 0 Å². The maximum atomic E-state index is 10.4. The third-order valence-corrected chi connectivity index (χ3v) is 4.37. The van der Waals surface area contributed by atoms with E-state index >= 15 is 0 Å². The van der Waals surface area contributed by atoms with Gasteiger partial charge in [0.1, 0.15) is 17.0 Å². The van der Waals surface area contributed by atoms with Gasteiger partial charge in [-0.1, -0.05) is 40.2 Å². The molecule has 0 saturated heterocycles. The third kappa shape index (κ3) is 3.30. The number of pyridine rings is 1. The Morgan fingerprint density at radius 3 is 2.74 bits per heavy atom. The zero-order valence-corrected chi connectivity index (χ0v) is 14.3. The van der Waals surface area contributed by atoms with Crippen molar-refractivity contribution < 1.29 is 9.84 Å². The van der Waals surface area contributed by atoms with E-state index in [1.807, 2.05) is 42.5 Å². The van der Waals surface area contributed by atoms with Gasteiger partial charge in [0.2, 0.25) is 0 Å². The van der Waals surface area contributed by atoms with Crippen LogP contribution in [0.25, 0.3) is 10.9 Å². The molecule has 0 amide bonds. The normalized spacial score (nSPS) is 10.9. The molecular formula is C18H17BrN2O2. The summed E-state index contributed by atoms with van der Waals surface area (Å²) >= 11 is 3.54. The Balaban J connectivity index is 1.78. The monoisotopic (exact) mass is 372 g/mol. The SMILES string of the molecule is COc1ccccc1CNCc1cc(Br)c2cccnc2c1O. The number of halogens is 1. The van der Waals surface area contributed by atoms with Crippen LogP contribution in [-0.4, -0.2) is 17.2 Å². The molecule has 118 valence electrons. The number of nitrogens with one attached hydrogen (secondary N) is 1. The molecule has 3 aromatic rings. The second-order valence-corrected chi connectivity index (χ2v) is 6.04. The van der Waals surface area contributed by atoms with E-state index in [0.29, 0.717) is 18.6 Å². The average Bonchev–Trinajstić information content (AvgIpc) is 2.59. The first-order valence-corrected chi connectivity index (χ1v) is 8.07. The number of methoxy groups -OCH3 is 1. The van der Waals surface area contributed by atoms with Crippen LogP contribution < -0.4 is 10.1 Å². The highest BCUT2D eigenvalue weighted by molar-refractivity contribution is 9.10. The van der Waals surface area contributed by atoms with Gasteiger partial charge < -0.3 is 15.2 Å². The number of benzene rings is 2. The lowest BCUT2D eigenvalue weighted by atomic mass is 10.1. The number of ether oxygens (including phenoxy) is 1. The number of phenols is 1. The highest BCUT2D eigenvalue weighted by Crippen LogP contribution is 2.33. The fourth-order valence-electron chi connectivity index (χ4n) is 2.55. The minimum Gasteiger partial charge on any atom is -0.505 e. The minimum absolute atomic E-state index is 0.219. The predicted octanol–water partition coefficient (Wildman–Crippen LogP) is 4.00. The maximum Gasteiger partial charge on any atom is 0.146 e. The fourth-order valence-corrected chi connectivity index (χ4v) is 3.15. The summed E-state index contributed by atoms with van der Waals surface area (Å²) in [5.74, 6) is 1.07. The summed E-state index contributed by atoms with van der Waals surface area (Å²) in [5.41, 5.74) is 2.49. The van der Waals surface area contributed by atoms with E-state index in [-0.39, 0.29) is 5.75 Å². The van der Waals surface area contributed by atoms with Crippen LogP contribution >= 0.6 is 15.9 Å². The van der Waals surface area contributed by atoms with Crippen molar-refractivity contribution in [3.8, 4) is 11.5 Å². The second kappa shape index (κ2) is 6.98. The first-order valence-electron chi connectivity index (χ1n) is 7.28. The summed E-state index contributed by atoms with van der Waals surface area (Å²) < 4.78 is 6.27. The smallest absolute Gasteiger partial charge is 0.146 e. The number of para-hydroxylation sites is 1. The standard InChI is InChI=1S/C18H17BrN2O2/c1-23-16-7-3-2-5-12(16)10-20-11-13-9-15(19)14-6-4-8-21-17(14)18(13)22/h2-9,20,22H,10-11H2,1H3. The van der Waals surface area contributed by atoms with E-state index in [4.69, 9.17) is 4.74 Å². The largest absolute Gasteiger partial charge is 0.505 e. The lowest BCUT2D eigenvalue weighted by molar-refractivity contribution is 0.407. The molecule has 1 aromatic heterocycles. The minimum atomic E-state index is 0.219. The predicted molar refractivity (Wildman–Crippen MR) is 94.6 cm³/mol. The highest BCUT2D eigenvalue weighted by atomic mass is 79.9. The van der Waals surface area contributed by atoms with Gasteiger partial charge >= 0.3 is 0 Å². The Morgan fingerprint density at radius 1 is 1.13 bits per heavy atom. The number of rotatable bonds is 5. The average molecular weight is 373 g/mol. The lowest BCUT2D eigenvalue weighted by Crippen LogP contribution is -2.13. The number of nitrogens with zero attached hydrogens (tertiary/aromatic N) is 1. The molecule has 0 fully saturated rings. The topological polar surface area (TPSA) is 54.4 Å². The summed E-state index contributed by atoms with van der Waals surface area (Å²) in [7, 11) is 1.66. The summed E-state index contributed by atoms with van der Waals surface area (Å²) in [6.07, 6.45) is 1.68. The number of aromatic nitrogens is 1. The van der Waals surface area contributed by atoms with Gasteiger partial charge in [-0.05, 0) is 18.2 Å². The quantitative estimate of drug-likeness (QED) is 0.710. The number of fused-ring (bicyclic) bond motifs is 1. The number of aromatic hydroxyl groups is 1.